The van der Waals surface area contributed by atoms with Gasteiger partial charge in [0.25, 0.3) is 5.91 Å². The maximum Gasteiger partial charge on any atom is 0.355 e. The molecule has 152 valence electrons. The number of β-lactam (4-membered cyclic amide) rings is 1. The van der Waals surface area contributed by atoms with Crippen LogP contribution in [0.1, 0.15) is 26.3 Å². The van der Waals surface area contributed by atoms with Crippen LogP contribution < -0.4 is 5.32 Å². The summed E-state index contributed by atoms with van der Waals surface area (Å²) in [6.45, 7) is 3.58. The number of ether oxygens (including phenoxy) is 2. The van der Waals surface area contributed by atoms with E-state index in [1.165, 1.54) is 21.0 Å². The monoisotopic (exact) mass is 410 g/mol. The minimum atomic E-state index is -4.08. The number of benzene rings is 1. The number of nitrogens with zero attached hydrogens (tertiary/aromatic N) is 1. The largest absolute Gasteiger partial charge is 0.458 e. The van der Waals surface area contributed by atoms with Gasteiger partial charge < -0.3 is 14.8 Å². The Kier molecular flexibility index (Phi) is 4.75. The summed E-state index contributed by atoms with van der Waals surface area (Å²) in [5, 5.41) is 1.02. The van der Waals surface area contributed by atoms with Crippen LogP contribution >= 0.6 is 0 Å². The molecule has 2 heterocycles. The van der Waals surface area contributed by atoms with Gasteiger partial charge in [-0.05, 0) is 19.4 Å². The fraction of sp³-hybridized carbons (Fsp3) is 0.500. The average molecular weight is 410 g/mol. The molecule has 3 rings (SSSR count). The average Bonchev–Trinajstić information content (AvgIpc) is 2.74. The van der Waals surface area contributed by atoms with Crippen LogP contribution in [0.2, 0.25) is 0 Å². The molecular formula is C18H22N2O7S. The topological polar surface area (TPSA) is 119 Å². The van der Waals surface area contributed by atoms with Gasteiger partial charge in [0.2, 0.25) is 11.6 Å². The van der Waals surface area contributed by atoms with Crippen LogP contribution in [0.25, 0.3) is 0 Å². The molecule has 2 saturated heterocycles. The number of sulfone groups is 1. The number of rotatable bonds is 5. The third-order valence-electron chi connectivity index (χ3n) is 5.38. The molecule has 0 aromatic heterocycles. The Hall–Kier alpha value is -2.46. The number of methoxy groups -OCH3 is 1. The molecule has 9 nitrogen and oxygen atoms in total. The van der Waals surface area contributed by atoms with Crippen LogP contribution in [0.4, 0.5) is 0 Å². The standard InChI is InChI=1S/C18H22N2O7S/c1-11(21)19-18(16(23)27-10-12-8-6-5-7-9-12)17(2,3)28(24,25)15-13(26-4)14(22)20(15)18/h5-9,13,15H,10H2,1-4H3,(H,19,21)/t13-,15-,18+/m1/s1. The predicted molar refractivity (Wildman–Crippen MR) is 97.2 cm³/mol. The Labute approximate surface area is 162 Å². The summed E-state index contributed by atoms with van der Waals surface area (Å²) in [6.07, 6.45) is -1.23. The van der Waals surface area contributed by atoms with E-state index in [9.17, 15) is 22.8 Å². The van der Waals surface area contributed by atoms with E-state index in [-0.39, 0.29) is 6.61 Å². The molecule has 2 fully saturated rings. The molecule has 2 amide bonds. The highest BCUT2D eigenvalue weighted by molar-refractivity contribution is 7.94. The van der Waals surface area contributed by atoms with E-state index in [4.69, 9.17) is 9.47 Å². The van der Waals surface area contributed by atoms with Crippen molar-refractivity contribution >= 4 is 27.6 Å². The smallest absolute Gasteiger partial charge is 0.355 e. The minimum absolute atomic E-state index is 0.141. The first kappa shape index (κ1) is 20.3. The van der Waals surface area contributed by atoms with Crippen molar-refractivity contribution in [3.63, 3.8) is 0 Å². The van der Waals surface area contributed by atoms with E-state index in [1.807, 2.05) is 0 Å². The van der Waals surface area contributed by atoms with Gasteiger partial charge in [0, 0.05) is 14.0 Å². The second-order valence-corrected chi connectivity index (χ2v) is 9.86. The Morgan fingerprint density at radius 3 is 2.36 bits per heavy atom. The van der Waals surface area contributed by atoms with Crippen LogP contribution in [-0.2, 0) is 40.3 Å². The van der Waals surface area contributed by atoms with Crippen LogP contribution in [0.5, 0.6) is 0 Å². The first-order valence-electron chi connectivity index (χ1n) is 8.61. The first-order valence-corrected chi connectivity index (χ1v) is 10.2. The highest BCUT2D eigenvalue weighted by Crippen LogP contribution is 2.52. The highest BCUT2D eigenvalue weighted by atomic mass is 32.2. The minimum Gasteiger partial charge on any atom is -0.458 e. The lowest BCUT2D eigenvalue weighted by Crippen LogP contribution is -2.78. The molecule has 0 radical (unpaired) electrons. The summed E-state index contributed by atoms with van der Waals surface area (Å²) in [7, 11) is -2.86. The number of hydrogen-bond acceptors (Lipinski definition) is 7. The second-order valence-electron chi connectivity index (χ2n) is 7.26. The molecule has 1 aromatic carbocycles. The van der Waals surface area contributed by atoms with Crippen molar-refractivity contribution in [2.45, 2.75) is 49.3 Å². The van der Waals surface area contributed by atoms with Gasteiger partial charge in [-0.1, -0.05) is 30.3 Å². The fourth-order valence-corrected chi connectivity index (χ4v) is 6.14. The van der Waals surface area contributed by atoms with Crippen molar-refractivity contribution in [2.75, 3.05) is 7.11 Å². The molecule has 2 aliphatic heterocycles. The molecule has 10 heteroatoms. The van der Waals surface area contributed by atoms with Crippen LogP contribution in [-0.4, -0.2) is 60.1 Å². The SMILES string of the molecule is CO[C@@H]1C(=O)N2[C@@H]1S(=O)(=O)C(C)(C)[C@]2(NC(C)=O)C(=O)OCc1ccccc1. The van der Waals surface area contributed by atoms with Crippen molar-refractivity contribution in [1.82, 2.24) is 10.2 Å². The van der Waals surface area contributed by atoms with Gasteiger partial charge in [0.1, 0.15) is 11.4 Å². The lowest BCUT2D eigenvalue weighted by atomic mass is 9.89. The Morgan fingerprint density at radius 1 is 1.21 bits per heavy atom. The van der Waals surface area contributed by atoms with Crippen molar-refractivity contribution in [1.29, 1.82) is 0 Å². The van der Waals surface area contributed by atoms with Crippen molar-refractivity contribution in [3.8, 4) is 0 Å². The Morgan fingerprint density at radius 2 is 1.82 bits per heavy atom. The van der Waals surface area contributed by atoms with E-state index in [0.717, 1.165) is 11.8 Å². The van der Waals surface area contributed by atoms with Gasteiger partial charge >= 0.3 is 5.97 Å². The number of carbonyl (C=O) groups is 3. The van der Waals surface area contributed by atoms with E-state index in [2.05, 4.69) is 5.32 Å². The third-order valence-corrected chi connectivity index (χ3v) is 8.19. The molecule has 3 atom stereocenters. The number of fused-ring (bicyclic) bond motifs is 1. The third kappa shape index (κ3) is 2.47. The van der Waals surface area contributed by atoms with Gasteiger partial charge in [-0.15, -0.1) is 0 Å². The van der Waals surface area contributed by atoms with Gasteiger partial charge in [0.05, 0.1) is 0 Å². The molecule has 28 heavy (non-hydrogen) atoms. The second kappa shape index (κ2) is 6.56. The number of carbonyl (C=O) groups excluding carboxylic acids is 3. The lowest BCUT2D eigenvalue weighted by Gasteiger charge is -2.48. The van der Waals surface area contributed by atoms with Crippen molar-refractivity contribution < 1.29 is 32.3 Å². The number of nitrogens with one attached hydrogen (secondary N) is 1. The van der Waals surface area contributed by atoms with Crippen molar-refractivity contribution in [3.05, 3.63) is 35.9 Å². The van der Waals surface area contributed by atoms with Gasteiger partial charge in [-0.2, -0.15) is 0 Å². The first-order chi connectivity index (χ1) is 13.0. The van der Waals surface area contributed by atoms with E-state index < -0.39 is 49.5 Å². The predicted octanol–water partition coefficient (Wildman–Crippen LogP) is -0.0475. The van der Waals surface area contributed by atoms with Gasteiger partial charge in [-0.25, -0.2) is 13.2 Å². The van der Waals surface area contributed by atoms with Gasteiger partial charge in [-0.3, -0.25) is 14.5 Å². The molecule has 0 bridgehead atoms. The molecule has 2 aliphatic rings. The molecule has 0 spiro atoms. The molecule has 0 saturated carbocycles. The summed E-state index contributed by atoms with van der Waals surface area (Å²) < 4.78 is 34.8. The lowest BCUT2D eigenvalue weighted by molar-refractivity contribution is -0.190. The zero-order valence-electron chi connectivity index (χ0n) is 16.0. The maximum absolute atomic E-state index is 13.2. The molecule has 0 unspecified atom stereocenters. The highest BCUT2D eigenvalue weighted by Gasteiger charge is 2.81. The molecule has 1 aromatic rings. The molecule has 0 aliphatic carbocycles. The number of hydrogen-bond donors (Lipinski definition) is 1. The normalized spacial score (nSPS) is 29.6. The Balaban J connectivity index is 2.06. The summed E-state index contributed by atoms with van der Waals surface area (Å²) in [6, 6.07) is 8.77. The van der Waals surface area contributed by atoms with Crippen LogP contribution in [0.3, 0.4) is 0 Å². The summed E-state index contributed by atoms with van der Waals surface area (Å²) in [4.78, 5) is 38.6. The number of esters is 1. The zero-order chi connectivity index (χ0) is 20.9. The number of amides is 2. The van der Waals surface area contributed by atoms with Crippen molar-refractivity contribution in [2.24, 2.45) is 0 Å². The summed E-state index contributed by atoms with van der Waals surface area (Å²) in [5.74, 6) is -2.40. The van der Waals surface area contributed by atoms with Gasteiger partial charge in [0.15, 0.2) is 21.3 Å². The summed E-state index contributed by atoms with van der Waals surface area (Å²) in [5.41, 5.74) is -1.52. The van der Waals surface area contributed by atoms with E-state index in [1.54, 1.807) is 30.3 Å². The molecular weight excluding hydrogens is 388 g/mol. The summed E-state index contributed by atoms with van der Waals surface area (Å²) >= 11 is 0. The molecule has 1 N–H and O–H groups in total. The van der Waals surface area contributed by atoms with Crippen LogP contribution in [0, 0.1) is 0 Å². The quantitative estimate of drug-likeness (QED) is 0.534. The fourth-order valence-electron chi connectivity index (χ4n) is 3.80. The zero-order valence-corrected chi connectivity index (χ0v) is 16.8. The maximum atomic E-state index is 13.2. The van der Waals surface area contributed by atoms with E-state index >= 15 is 0 Å². The van der Waals surface area contributed by atoms with Crippen LogP contribution in [0.15, 0.2) is 30.3 Å². The Bertz CT molecular complexity index is 929. The van der Waals surface area contributed by atoms with E-state index in [0.29, 0.717) is 5.56 Å².